The highest BCUT2D eigenvalue weighted by Gasteiger charge is 1.79. The number of aldehydes is 1. The lowest BCUT2D eigenvalue weighted by Gasteiger charge is -1.83. The quantitative estimate of drug-likeness (QED) is 0.376. The Hall–Kier alpha value is -1.33. The summed E-state index contributed by atoms with van der Waals surface area (Å²) in [5.41, 5.74) is 1.40. The maximum Gasteiger partial charge on any atom is 0.146 e. The van der Waals surface area contributed by atoms with Crippen LogP contribution in [0.1, 0.15) is 13.8 Å². The number of hydrogen-bond donors (Lipinski definition) is 1. The molecular weight excluding hydrogens is 152 g/mol. The SMILES string of the molecule is C/C(C#C/C=C(\C)C=O)=C\CO. The normalized spacial score (nSPS) is 11.9. The van der Waals surface area contributed by atoms with E-state index in [1.165, 1.54) is 0 Å². The molecule has 0 aromatic heterocycles. The van der Waals surface area contributed by atoms with E-state index in [0.29, 0.717) is 5.57 Å². The third-order valence-electron chi connectivity index (χ3n) is 1.15. The second kappa shape index (κ2) is 6.38. The van der Waals surface area contributed by atoms with E-state index in [4.69, 9.17) is 5.11 Å². The van der Waals surface area contributed by atoms with Crippen molar-refractivity contribution in [3.8, 4) is 11.8 Å². The van der Waals surface area contributed by atoms with Crippen LogP contribution in [0.3, 0.4) is 0 Å². The third kappa shape index (κ3) is 5.45. The Kier molecular flexibility index (Phi) is 5.68. The first-order valence-corrected chi connectivity index (χ1v) is 3.61. The fourth-order valence-corrected chi connectivity index (χ4v) is 0.486. The summed E-state index contributed by atoms with van der Waals surface area (Å²) in [7, 11) is 0. The molecule has 1 N–H and O–H groups in total. The van der Waals surface area contributed by atoms with Gasteiger partial charge in [0.25, 0.3) is 0 Å². The highest BCUT2D eigenvalue weighted by atomic mass is 16.2. The number of carbonyl (C=O) groups excluding carboxylic acids is 1. The van der Waals surface area contributed by atoms with Gasteiger partial charge in [0.2, 0.25) is 0 Å². The second-order valence-corrected chi connectivity index (χ2v) is 2.35. The van der Waals surface area contributed by atoms with Gasteiger partial charge in [-0.05, 0) is 37.1 Å². The first-order valence-electron chi connectivity index (χ1n) is 3.61. The molecule has 0 spiro atoms. The molecule has 0 saturated heterocycles. The van der Waals surface area contributed by atoms with Crippen LogP contribution in [-0.2, 0) is 4.79 Å². The number of aliphatic hydroxyl groups is 1. The summed E-state index contributed by atoms with van der Waals surface area (Å²) < 4.78 is 0. The maximum atomic E-state index is 10.1. The Morgan fingerprint density at radius 2 is 2.17 bits per heavy atom. The molecule has 0 aromatic carbocycles. The van der Waals surface area contributed by atoms with Gasteiger partial charge in [0.05, 0.1) is 6.61 Å². The molecule has 0 aliphatic rings. The van der Waals surface area contributed by atoms with Gasteiger partial charge in [-0.1, -0.05) is 11.8 Å². The Morgan fingerprint density at radius 1 is 1.50 bits per heavy atom. The standard InChI is InChI=1S/C10H12O2/c1-9(6-7-11)4-3-5-10(2)8-12/h5-6,8,11H,7H2,1-2H3/b9-6+,10-5+. The molecule has 0 atom stereocenters. The molecule has 0 heterocycles. The van der Waals surface area contributed by atoms with Crippen molar-refractivity contribution in [1.29, 1.82) is 0 Å². The van der Waals surface area contributed by atoms with E-state index in [2.05, 4.69) is 11.8 Å². The van der Waals surface area contributed by atoms with Gasteiger partial charge in [-0.25, -0.2) is 0 Å². The van der Waals surface area contributed by atoms with Crippen LogP contribution in [0.5, 0.6) is 0 Å². The lowest BCUT2D eigenvalue weighted by molar-refractivity contribution is -0.104. The molecule has 0 amide bonds. The van der Waals surface area contributed by atoms with Crippen molar-refractivity contribution >= 4 is 6.29 Å². The third-order valence-corrected chi connectivity index (χ3v) is 1.15. The second-order valence-electron chi connectivity index (χ2n) is 2.35. The number of aliphatic hydroxyl groups excluding tert-OH is 1. The van der Waals surface area contributed by atoms with Gasteiger partial charge in [-0.3, -0.25) is 4.79 Å². The molecular formula is C10H12O2. The fraction of sp³-hybridized carbons (Fsp3) is 0.300. The Balaban J connectivity index is 4.22. The average molecular weight is 164 g/mol. The average Bonchev–Trinajstić information content (AvgIpc) is 2.04. The number of hydrogen-bond acceptors (Lipinski definition) is 2. The number of carbonyl (C=O) groups is 1. The predicted molar refractivity (Wildman–Crippen MR) is 48.4 cm³/mol. The summed E-state index contributed by atoms with van der Waals surface area (Å²) in [6.07, 6.45) is 3.90. The Morgan fingerprint density at radius 3 is 2.67 bits per heavy atom. The summed E-state index contributed by atoms with van der Waals surface area (Å²) in [5.74, 6) is 5.46. The van der Waals surface area contributed by atoms with Crippen LogP contribution in [0.25, 0.3) is 0 Å². The number of allylic oxidation sites excluding steroid dienone is 3. The molecule has 0 fully saturated rings. The molecule has 12 heavy (non-hydrogen) atoms. The van der Waals surface area contributed by atoms with Crippen molar-refractivity contribution in [2.45, 2.75) is 13.8 Å². The summed E-state index contributed by atoms with van der Waals surface area (Å²) in [4.78, 5) is 10.1. The van der Waals surface area contributed by atoms with Crippen molar-refractivity contribution in [2.75, 3.05) is 6.61 Å². The maximum absolute atomic E-state index is 10.1. The van der Waals surface area contributed by atoms with Crippen LogP contribution in [0.4, 0.5) is 0 Å². The summed E-state index contributed by atoms with van der Waals surface area (Å²) in [6.45, 7) is 3.48. The molecule has 64 valence electrons. The van der Waals surface area contributed by atoms with Gasteiger partial charge in [-0.2, -0.15) is 0 Å². The zero-order valence-electron chi connectivity index (χ0n) is 7.29. The fourth-order valence-electron chi connectivity index (χ4n) is 0.486. The monoisotopic (exact) mass is 164 g/mol. The molecule has 2 nitrogen and oxygen atoms in total. The van der Waals surface area contributed by atoms with E-state index in [1.54, 1.807) is 26.0 Å². The first-order chi connectivity index (χ1) is 5.70. The van der Waals surface area contributed by atoms with Crippen LogP contribution >= 0.6 is 0 Å². The van der Waals surface area contributed by atoms with Crippen molar-refractivity contribution in [3.63, 3.8) is 0 Å². The van der Waals surface area contributed by atoms with Gasteiger partial charge in [0.1, 0.15) is 6.29 Å². The molecule has 2 heteroatoms. The van der Waals surface area contributed by atoms with Gasteiger partial charge < -0.3 is 5.11 Å². The predicted octanol–water partition coefficient (Wildman–Crippen LogP) is 1.07. The topological polar surface area (TPSA) is 37.3 Å². The Labute approximate surface area is 72.6 Å². The molecule has 0 aliphatic carbocycles. The zero-order chi connectivity index (χ0) is 9.40. The smallest absolute Gasteiger partial charge is 0.146 e. The first kappa shape index (κ1) is 10.7. The summed E-state index contributed by atoms with van der Waals surface area (Å²) in [6, 6.07) is 0. The van der Waals surface area contributed by atoms with Gasteiger partial charge >= 0.3 is 0 Å². The minimum atomic E-state index is -0.00309. The molecule has 0 bridgehead atoms. The van der Waals surface area contributed by atoms with E-state index in [1.807, 2.05) is 0 Å². The van der Waals surface area contributed by atoms with Crippen molar-refractivity contribution < 1.29 is 9.90 Å². The summed E-state index contributed by atoms with van der Waals surface area (Å²) in [5, 5.41) is 8.48. The van der Waals surface area contributed by atoms with Crippen LogP contribution in [0.2, 0.25) is 0 Å². The van der Waals surface area contributed by atoms with Gasteiger partial charge in [0.15, 0.2) is 0 Å². The molecule has 0 radical (unpaired) electrons. The lowest BCUT2D eigenvalue weighted by atomic mass is 10.2. The molecule has 0 aromatic rings. The van der Waals surface area contributed by atoms with Crippen LogP contribution in [0, 0.1) is 11.8 Å². The van der Waals surface area contributed by atoms with E-state index in [-0.39, 0.29) is 6.61 Å². The van der Waals surface area contributed by atoms with Crippen LogP contribution in [-0.4, -0.2) is 18.0 Å². The van der Waals surface area contributed by atoms with E-state index in [0.717, 1.165) is 11.9 Å². The highest BCUT2D eigenvalue weighted by molar-refractivity contribution is 5.73. The minimum Gasteiger partial charge on any atom is -0.392 e. The number of rotatable bonds is 2. The van der Waals surface area contributed by atoms with Gasteiger partial charge in [-0.15, -0.1) is 0 Å². The largest absolute Gasteiger partial charge is 0.392 e. The zero-order valence-corrected chi connectivity index (χ0v) is 7.29. The van der Waals surface area contributed by atoms with Crippen LogP contribution in [0.15, 0.2) is 23.3 Å². The van der Waals surface area contributed by atoms with Crippen molar-refractivity contribution in [1.82, 2.24) is 0 Å². The van der Waals surface area contributed by atoms with Crippen molar-refractivity contribution in [3.05, 3.63) is 23.3 Å². The molecule has 0 saturated carbocycles. The lowest BCUT2D eigenvalue weighted by Crippen LogP contribution is -1.76. The molecule has 0 unspecified atom stereocenters. The summed E-state index contributed by atoms with van der Waals surface area (Å²) >= 11 is 0. The van der Waals surface area contributed by atoms with Gasteiger partial charge in [0, 0.05) is 0 Å². The van der Waals surface area contributed by atoms with E-state index >= 15 is 0 Å². The van der Waals surface area contributed by atoms with E-state index < -0.39 is 0 Å². The van der Waals surface area contributed by atoms with Crippen LogP contribution < -0.4 is 0 Å². The Bertz CT molecular complexity index is 261. The molecule has 0 aliphatic heterocycles. The van der Waals surface area contributed by atoms with E-state index in [9.17, 15) is 4.79 Å². The highest BCUT2D eigenvalue weighted by Crippen LogP contribution is 1.88. The minimum absolute atomic E-state index is 0.00309. The van der Waals surface area contributed by atoms with Crippen molar-refractivity contribution in [2.24, 2.45) is 0 Å². The molecule has 0 rings (SSSR count).